The third kappa shape index (κ3) is 2.49. The molecular weight excluding hydrogens is 472 g/mol. The minimum absolute atomic E-state index is 0.0947. The number of carbonyl (C=O) groups excluding carboxylic acids is 3. The molecule has 0 aromatic heterocycles. The van der Waals surface area contributed by atoms with Gasteiger partial charge in [-0.05, 0) is 56.8 Å². The molecule has 0 aromatic rings. The van der Waals surface area contributed by atoms with Crippen LogP contribution in [0, 0.1) is 40.9 Å². The summed E-state index contributed by atoms with van der Waals surface area (Å²) in [6.45, 7) is 16.6. The van der Waals surface area contributed by atoms with Gasteiger partial charge in [0.15, 0.2) is 0 Å². The molecule has 5 aliphatic carbocycles. The maximum atomic E-state index is 14.2. The Morgan fingerprint density at radius 3 is 1.86 bits per heavy atom. The summed E-state index contributed by atoms with van der Waals surface area (Å²) in [5.74, 6) is -3.11. The van der Waals surface area contributed by atoms with Gasteiger partial charge in [0, 0.05) is 41.2 Å². The smallest absolute Gasteiger partial charge is 0.334 e. The average Bonchev–Trinajstić information content (AvgIpc) is 3.49. The number of aliphatic hydroxyl groups is 2. The Labute approximate surface area is 216 Å². The van der Waals surface area contributed by atoms with E-state index in [4.69, 9.17) is 9.47 Å². The molecule has 0 radical (unpaired) electrons. The van der Waals surface area contributed by atoms with Crippen LogP contribution in [-0.2, 0) is 23.9 Å². The first-order valence-electron chi connectivity index (χ1n) is 13.6. The van der Waals surface area contributed by atoms with Crippen LogP contribution in [0.2, 0.25) is 0 Å². The molecule has 7 aliphatic rings. The summed E-state index contributed by atoms with van der Waals surface area (Å²) in [6, 6.07) is 0. The molecule has 0 bridgehead atoms. The van der Waals surface area contributed by atoms with Crippen molar-refractivity contribution in [2.45, 2.75) is 74.8 Å². The molecule has 5 saturated carbocycles. The molecule has 1 spiro atoms. The summed E-state index contributed by atoms with van der Waals surface area (Å²) in [6.07, 6.45) is 2.26. The summed E-state index contributed by atoms with van der Waals surface area (Å²) >= 11 is 0. The Hall–Kier alpha value is -2.51. The van der Waals surface area contributed by atoms with Crippen molar-refractivity contribution < 1.29 is 34.1 Å². The lowest BCUT2D eigenvalue weighted by Gasteiger charge is -2.48. The van der Waals surface area contributed by atoms with Crippen LogP contribution < -0.4 is 0 Å². The number of ketones is 1. The summed E-state index contributed by atoms with van der Waals surface area (Å²) in [7, 11) is 0. The van der Waals surface area contributed by atoms with Crippen molar-refractivity contribution in [1.29, 1.82) is 0 Å². The molecule has 196 valence electrons. The van der Waals surface area contributed by atoms with E-state index < -0.39 is 52.6 Å². The molecule has 37 heavy (non-hydrogen) atoms. The second-order valence-corrected chi connectivity index (χ2v) is 12.7. The van der Waals surface area contributed by atoms with Gasteiger partial charge in [-0.3, -0.25) is 4.79 Å². The van der Waals surface area contributed by atoms with E-state index in [2.05, 4.69) is 26.3 Å². The second kappa shape index (κ2) is 7.11. The van der Waals surface area contributed by atoms with Crippen molar-refractivity contribution in [2.24, 2.45) is 40.9 Å². The zero-order valence-corrected chi connectivity index (χ0v) is 21.0. The third-order valence-electron chi connectivity index (χ3n) is 11.8. The Morgan fingerprint density at radius 1 is 0.730 bits per heavy atom. The van der Waals surface area contributed by atoms with Crippen LogP contribution in [0.5, 0.6) is 0 Å². The fourth-order valence-corrected chi connectivity index (χ4v) is 10.1. The predicted molar refractivity (Wildman–Crippen MR) is 132 cm³/mol. The summed E-state index contributed by atoms with van der Waals surface area (Å²) < 4.78 is 11.7. The third-order valence-corrected chi connectivity index (χ3v) is 11.8. The van der Waals surface area contributed by atoms with E-state index >= 15 is 0 Å². The van der Waals surface area contributed by atoms with Gasteiger partial charge in [0.25, 0.3) is 0 Å². The first kappa shape index (κ1) is 23.6. The molecule has 2 aliphatic heterocycles. The molecule has 0 aromatic carbocycles. The molecule has 11 atom stereocenters. The summed E-state index contributed by atoms with van der Waals surface area (Å²) in [4.78, 5) is 39.3. The van der Waals surface area contributed by atoms with E-state index in [0.29, 0.717) is 36.8 Å². The molecule has 7 nitrogen and oxygen atoms in total. The normalized spacial score (nSPS) is 52.3. The first-order valence-corrected chi connectivity index (χ1v) is 13.6. The van der Waals surface area contributed by atoms with Gasteiger partial charge in [-0.2, -0.15) is 0 Å². The van der Waals surface area contributed by atoms with E-state index in [1.54, 1.807) is 0 Å². The molecule has 2 saturated heterocycles. The first-order chi connectivity index (χ1) is 17.5. The van der Waals surface area contributed by atoms with Crippen LogP contribution in [-0.4, -0.2) is 51.3 Å². The second-order valence-electron chi connectivity index (χ2n) is 12.7. The van der Waals surface area contributed by atoms with Crippen molar-refractivity contribution in [1.82, 2.24) is 0 Å². The maximum absolute atomic E-state index is 14.2. The zero-order valence-electron chi connectivity index (χ0n) is 21.0. The van der Waals surface area contributed by atoms with E-state index in [9.17, 15) is 24.6 Å². The number of hydrogen-bond donors (Lipinski definition) is 2. The highest BCUT2D eigenvalue weighted by molar-refractivity contribution is 5.94. The number of fused-ring (bicyclic) bond motifs is 10. The highest BCUT2D eigenvalue weighted by Gasteiger charge is 2.83. The minimum atomic E-state index is -1.78. The van der Waals surface area contributed by atoms with Gasteiger partial charge in [0.1, 0.15) is 29.2 Å². The molecule has 7 heteroatoms. The van der Waals surface area contributed by atoms with Gasteiger partial charge < -0.3 is 19.7 Å². The van der Waals surface area contributed by atoms with Crippen LogP contribution in [0.25, 0.3) is 0 Å². The average molecular weight is 507 g/mol. The number of Topliss-reactive ketones (excluding diaryl/α,β-unsaturated/α-hetero) is 1. The predicted octanol–water partition coefficient (Wildman–Crippen LogP) is 2.97. The Balaban J connectivity index is 1.39. The van der Waals surface area contributed by atoms with E-state index in [0.717, 1.165) is 11.1 Å². The molecule has 0 unspecified atom stereocenters. The largest absolute Gasteiger partial charge is 0.458 e. The fourth-order valence-electron chi connectivity index (χ4n) is 10.1. The SMILES string of the molecule is C=C1C(=O)O[C@@H]2[C@@H]3[C@@H](C[C@@]4(O)[C@]3(O)CC[C@]43C(=O)C[C@H]4C(=C)CC[C@H]5C(=C)C(=O)O[C@@H]5[C@H]43)C(=C)CC[C@@H]12. The van der Waals surface area contributed by atoms with Crippen LogP contribution in [0.1, 0.15) is 51.4 Å². The minimum Gasteiger partial charge on any atom is -0.458 e. The quantitative estimate of drug-likeness (QED) is 0.295. The number of carbonyl (C=O) groups is 3. The number of allylic oxidation sites excluding steroid dienone is 2. The van der Waals surface area contributed by atoms with Crippen molar-refractivity contribution in [3.05, 3.63) is 48.6 Å². The van der Waals surface area contributed by atoms with Crippen LogP contribution in [0.15, 0.2) is 48.6 Å². The Kier molecular flexibility index (Phi) is 4.54. The molecular formula is C30H34O7. The Bertz CT molecular complexity index is 1230. The monoisotopic (exact) mass is 506 g/mol. The van der Waals surface area contributed by atoms with Gasteiger partial charge in [-0.1, -0.05) is 37.5 Å². The molecule has 2 N–H and O–H groups in total. The molecule has 7 fully saturated rings. The van der Waals surface area contributed by atoms with Crippen LogP contribution in [0.4, 0.5) is 0 Å². The van der Waals surface area contributed by atoms with Crippen LogP contribution in [0.3, 0.4) is 0 Å². The number of ether oxygens (including phenoxy) is 2. The van der Waals surface area contributed by atoms with Crippen molar-refractivity contribution in [3.8, 4) is 0 Å². The van der Waals surface area contributed by atoms with Gasteiger partial charge in [-0.25, -0.2) is 9.59 Å². The van der Waals surface area contributed by atoms with Crippen molar-refractivity contribution in [3.63, 3.8) is 0 Å². The van der Waals surface area contributed by atoms with E-state index in [-0.39, 0.29) is 55.1 Å². The summed E-state index contributed by atoms with van der Waals surface area (Å²) in [5.41, 5.74) is -2.08. The topological polar surface area (TPSA) is 110 Å². The number of rotatable bonds is 0. The van der Waals surface area contributed by atoms with Gasteiger partial charge in [0.2, 0.25) is 0 Å². The Morgan fingerprint density at radius 2 is 1.27 bits per heavy atom. The highest BCUT2D eigenvalue weighted by Crippen LogP contribution is 2.74. The lowest BCUT2D eigenvalue weighted by Crippen LogP contribution is -2.63. The highest BCUT2D eigenvalue weighted by atomic mass is 16.6. The lowest BCUT2D eigenvalue weighted by molar-refractivity contribution is -0.205. The number of hydrogen-bond acceptors (Lipinski definition) is 7. The number of esters is 2. The van der Waals surface area contributed by atoms with Gasteiger partial charge in [-0.15, -0.1) is 0 Å². The lowest BCUT2D eigenvalue weighted by atomic mass is 9.59. The van der Waals surface area contributed by atoms with E-state index in [1.165, 1.54) is 0 Å². The zero-order chi connectivity index (χ0) is 26.2. The van der Waals surface area contributed by atoms with Gasteiger partial charge >= 0.3 is 11.9 Å². The molecule has 7 rings (SSSR count). The van der Waals surface area contributed by atoms with Crippen molar-refractivity contribution in [2.75, 3.05) is 0 Å². The molecule has 2 heterocycles. The van der Waals surface area contributed by atoms with Crippen LogP contribution >= 0.6 is 0 Å². The maximum Gasteiger partial charge on any atom is 0.334 e. The van der Waals surface area contributed by atoms with Crippen molar-refractivity contribution >= 4 is 17.7 Å². The van der Waals surface area contributed by atoms with E-state index in [1.807, 2.05) is 0 Å². The fraction of sp³-hybridized carbons (Fsp3) is 0.633. The summed E-state index contributed by atoms with van der Waals surface area (Å²) in [5, 5.41) is 25.4. The standard InChI is InChI=1S/C30H34O7/c1-13-5-7-17-15(3)26(32)36-24(17)22-19(13)11-21(31)28(22)9-10-29(34)23-20(12-30(28,29)35)14(2)6-8-18-16(4)27(33)37-25(18)23/h17-20,22-25,34-35H,1-12H2/t17-,18-,19-,20-,22-,23-,24-,25-,28+,29-,30-/m0/s1. The molecule has 0 amide bonds. The van der Waals surface area contributed by atoms with Gasteiger partial charge in [0.05, 0.1) is 5.41 Å².